The summed E-state index contributed by atoms with van der Waals surface area (Å²) in [6, 6.07) is 20.1. The van der Waals surface area contributed by atoms with Crippen molar-refractivity contribution in [1.82, 2.24) is 0 Å². The SMILES string of the molecule is Cc1cc(-c2ccc(C(C)(C)C)cc2)c2c(c1)-c1ccc(N)cc1C2(C)C. The molecular weight excluding hydrogens is 326 g/mol. The van der Waals surface area contributed by atoms with Crippen LogP contribution in [0.5, 0.6) is 0 Å². The number of aryl methyl sites for hydroxylation is 1. The van der Waals surface area contributed by atoms with Crippen LogP contribution in [0.3, 0.4) is 0 Å². The summed E-state index contributed by atoms with van der Waals surface area (Å²) < 4.78 is 0. The molecule has 0 atom stereocenters. The zero-order valence-corrected chi connectivity index (χ0v) is 17.3. The molecule has 0 radical (unpaired) electrons. The van der Waals surface area contributed by atoms with Crippen LogP contribution in [0.15, 0.2) is 54.6 Å². The molecule has 0 aliphatic heterocycles. The molecule has 3 aromatic rings. The summed E-state index contributed by atoms with van der Waals surface area (Å²) in [4.78, 5) is 0. The van der Waals surface area contributed by atoms with E-state index in [1.54, 1.807) is 0 Å². The van der Waals surface area contributed by atoms with Crippen molar-refractivity contribution in [3.8, 4) is 22.3 Å². The van der Waals surface area contributed by atoms with Gasteiger partial charge in [0.1, 0.15) is 0 Å². The molecule has 138 valence electrons. The Morgan fingerprint density at radius 1 is 0.778 bits per heavy atom. The molecule has 0 fully saturated rings. The van der Waals surface area contributed by atoms with Gasteiger partial charge in [0.25, 0.3) is 0 Å². The second-order valence-electron chi connectivity index (χ2n) is 9.49. The molecule has 0 amide bonds. The van der Waals surface area contributed by atoms with E-state index in [9.17, 15) is 0 Å². The van der Waals surface area contributed by atoms with Crippen molar-refractivity contribution >= 4 is 5.69 Å². The predicted molar refractivity (Wildman–Crippen MR) is 117 cm³/mol. The lowest BCUT2D eigenvalue weighted by Gasteiger charge is -2.25. The summed E-state index contributed by atoms with van der Waals surface area (Å²) in [5.41, 5.74) is 17.8. The van der Waals surface area contributed by atoms with Crippen molar-refractivity contribution in [2.24, 2.45) is 0 Å². The van der Waals surface area contributed by atoms with E-state index in [0.717, 1.165) is 5.69 Å². The van der Waals surface area contributed by atoms with Crippen LogP contribution in [0.4, 0.5) is 5.69 Å². The molecule has 0 spiro atoms. The maximum absolute atomic E-state index is 6.12. The van der Waals surface area contributed by atoms with Gasteiger partial charge in [-0.1, -0.05) is 77.1 Å². The van der Waals surface area contributed by atoms with Crippen molar-refractivity contribution in [2.75, 3.05) is 5.73 Å². The first-order valence-electron chi connectivity index (χ1n) is 9.75. The summed E-state index contributed by atoms with van der Waals surface area (Å²) in [6.07, 6.45) is 0. The van der Waals surface area contributed by atoms with Gasteiger partial charge in [-0.15, -0.1) is 0 Å². The van der Waals surface area contributed by atoms with E-state index in [2.05, 4.69) is 90.1 Å². The van der Waals surface area contributed by atoms with Gasteiger partial charge < -0.3 is 5.73 Å². The molecule has 0 heterocycles. The number of fused-ring (bicyclic) bond motifs is 3. The van der Waals surface area contributed by atoms with E-state index < -0.39 is 0 Å². The average molecular weight is 356 g/mol. The molecule has 1 nitrogen and oxygen atoms in total. The summed E-state index contributed by atoms with van der Waals surface area (Å²) in [5.74, 6) is 0. The molecule has 3 aromatic carbocycles. The number of hydrogen-bond acceptors (Lipinski definition) is 1. The highest BCUT2D eigenvalue weighted by molar-refractivity contribution is 5.89. The highest BCUT2D eigenvalue weighted by Crippen LogP contribution is 2.53. The molecule has 0 unspecified atom stereocenters. The van der Waals surface area contributed by atoms with Gasteiger partial charge in [0.05, 0.1) is 0 Å². The lowest BCUT2D eigenvalue weighted by atomic mass is 9.78. The standard InChI is InChI=1S/C26H29N/c1-16-13-21(17-7-9-18(10-8-17)25(2,3)4)24-22(14-16)20-12-11-19(27)15-23(20)26(24,5)6/h7-15H,27H2,1-6H3. The minimum absolute atomic E-state index is 0.0637. The number of hydrogen-bond donors (Lipinski definition) is 1. The Bertz CT molecular complexity index is 1030. The zero-order valence-electron chi connectivity index (χ0n) is 17.3. The molecule has 0 aromatic heterocycles. The third kappa shape index (κ3) is 2.77. The number of nitrogens with two attached hydrogens (primary N) is 1. The number of rotatable bonds is 1. The van der Waals surface area contributed by atoms with Crippen LogP contribution in [-0.2, 0) is 10.8 Å². The lowest BCUT2D eigenvalue weighted by Crippen LogP contribution is -2.16. The Hall–Kier alpha value is -2.54. The predicted octanol–water partition coefficient (Wildman–Crippen LogP) is 6.85. The van der Waals surface area contributed by atoms with Crippen molar-refractivity contribution in [2.45, 2.75) is 52.4 Å². The Morgan fingerprint density at radius 3 is 2.04 bits per heavy atom. The first kappa shape index (κ1) is 17.9. The van der Waals surface area contributed by atoms with Crippen LogP contribution in [-0.4, -0.2) is 0 Å². The number of benzene rings is 3. The Balaban J connectivity index is 1.95. The summed E-state index contributed by atoms with van der Waals surface area (Å²) in [6.45, 7) is 13.6. The van der Waals surface area contributed by atoms with Gasteiger partial charge >= 0.3 is 0 Å². The van der Waals surface area contributed by atoms with Crippen LogP contribution in [0.2, 0.25) is 0 Å². The summed E-state index contributed by atoms with van der Waals surface area (Å²) in [7, 11) is 0. The molecular formula is C26H29N. The van der Waals surface area contributed by atoms with E-state index in [1.807, 2.05) is 6.07 Å². The zero-order chi connectivity index (χ0) is 19.6. The fourth-order valence-corrected chi connectivity index (χ4v) is 4.50. The third-order valence-electron chi connectivity index (χ3n) is 5.98. The van der Waals surface area contributed by atoms with E-state index in [-0.39, 0.29) is 10.8 Å². The minimum Gasteiger partial charge on any atom is -0.399 e. The Morgan fingerprint density at radius 2 is 1.41 bits per heavy atom. The smallest absolute Gasteiger partial charge is 0.0317 e. The maximum Gasteiger partial charge on any atom is 0.0317 e. The topological polar surface area (TPSA) is 26.0 Å². The molecule has 0 bridgehead atoms. The molecule has 0 saturated carbocycles. The number of nitrogen functional groups attached to an aromatic ring is 1. The normalized spacial score (nSPS) is 14.7. The van der Waals surface area contributed by atoms with Gasteiger partial charge in [-0.3, -0.25) is 0 Å². The highest BCUT2D eigenvalue weighted by atomic mass is 14.6. The molecule has 1 aliphatic rings. The van der Waals surface area contributed by atoms with Crippen LogP contribution in [0.1, 0.15) is 56.9 Å². The fraction of sp³-hybridized carbons (Fsp3) is 0.308. The Kier molecular flexibility index (Phi) is 3.79. The molecule has 27 heavy (non-hydrogen) atoms. The average Bonchev–Trinajstić information content (AvgIpc) is 2.81. The van der Waals surface area contributed by atoms with Crippen LogP contribution >= 0.6 is 0 Å². The van der Waals surface area contributed by atoms with Gasteiger partial charge in [-0.25, -0.2) is 0 Å². The minimum atomic E-state index is -0.0637. The number of anilines is 1. The third-order valence-corrected chi connectivity index (χ3v) is 5.98. The fourth-order valence-electron chi connectivity index (χ4n) is 4.50. The van der Waals surface area contributed by atoms with Gasteiger partial charge in [-0.05, 0) is 69.0 Å². The van der Waals surface area contributed by atoms with Crippen LogP contribution in [0, 0.1) is 6.92 Å². The first-order valence-corrected chi connectivity index (χ1v) is 9.75. The van der Waals surface area contributed by atoms with E-state index in [1.165, 1.54) is 44.5 Å². The monoisotopic (exact) mass is 355 g/mol. The Labute approximate surface area is 163 Å². The van der Waals surface area contributed by atoms with E-state index >= 15 is 0 Å². The molecule has 0 saturated heterocycles. The molecule has 2 N–H and O–H groups in total. The summed E-state index contributed by atoms with van der Waals surface area (Å²) in [5, 5.41) is 0. The lowest BCUT2D eigenvalue weighted by molar-refractivity contribution is 0.590. The van der Waals surface area contributed by atoms with E-state index in [0.29, 0.717) is 0 Å². The second kappa shape index (κ2) is 5.73. The highest BCUT2D eigenvalue weighted by Gasteiger charge is 2.37. The van der Waals surface area contributed by atoms with Crippen molar-refractivity contribution in [3.63, 3.8) is 0 Å². The van der Waals surface area contributed by atoms with Gasteiger partial charge in [0, 0.05) is 11.1 Å². The first-order chi connectivity index (χ1) is 12.6. The van der Waals surface area contributed by atoms with Gasteiger partial charge in [0.2, 0.25) is 0 Å². The molecule has 1 aliphatic carbocycles. The van der Waals surface area contributed by atoms with E-state index in [4.69, 9.17) is 5.73 Å². The van der Waals surface area contributed by atoms with Crippen LogP contribution < -0.4 is 5.73 Å². The van der Waals surface area contributed by atoms with Gasteiger partial charge in [0.15, 0.2) is 0 Å². The molecule has 4 rings (SSSR count). The summed E-state index contributed by atoms with van der Waals surface area (Å²) >= 11 is 0. The quantitative estimate of drug-likeness (QED) is 0.475. The van der Waals surface area contributed by atoms with Crippen LogP contribution in [0.25, 0.3) is 22.3 Å². The second-order valence-corrected chi connectivity index (χ2v) is 9.49. The largest absolute Gasteiger partial charge is 0.399 e. The van der Waals surface area contributed by atoms with Crippen molar-refractivity contribution in [3.05, 3.63) is 76.9 Å². The van der Waals surface area contributed by atoms with Gasteiger partial charge in [-0.2, -0.15) is 0 Å². The van der Waals surface area contributed by atoms with Crippen molar-refractivity contribution < 1.29 is 0 Å². The maximum atomic E-state index is 6.12. The van der Waals surface area contributed by atoms with Crippen molar-refractivity contribution in [1.29, 1.82) is 0 Å². The molecule has 1 heteroatoms.